The van der Waals surface area contributed by atoms with E-state index in [0.29, 0.717) is 11.3 Å². The van der Waals surface area contributed by atoms with Crippen molar-refractivity contribution in [2.45, 2.75) is 0 Å². The summed E-state index contributed by atoms with van der Waals surface area (Å²) in [6.45, 7) is -0.0534. The van der Waals surface area contributed by atoms with E-state index in [1.165, 1.54) is 0 Å². The number of nitrogens with two attached hydrogens (primary N) is 1. The van der Waals surface area contributed by atoms with Crippen molar-refractivity contribution in [2.75, 3.05) is 13.7 Å². The Morgan fingerprint density at radius 1 is 1.53 bits per heavy atom. The lowest BCUT2D eigenvalue weighted by molar-refractivity contribution is 0.0977. The lowest BCUT2D eigenvalue weighted by Crippen LogP contribution is -2.12. The van der Waals surface area contributed by atoms with Crippen LogP contribution >= 0.6 is 0 Å². The number of carbonyl (C=O) groups excluding carboxylic acids is 1. The van der Waals surface area contributed by atoms with Crippen LogP contribution in [0, 0.1) is 0 Å². The number of hydrogen-bond donors (Lipinski definition) is 1. The Hall–Kier alpha value is -1.81. The number of Topliss-reactive ketones (excluding diaryl/α,β-unsaturated/α-hetero) is 1. The van der Waals surface area contributed by atoms with Gasteiger partial charge >= 0.3 is 0 Å². The summed E-state index contributed by atoms with van der Waals surface area (Å²) in [6, 6.07) is 7.15. The highest BCUT2D eigenvalue weighted by atomic mass is 16.5. The van der Waals surface area contributed by atoms with Crippen molar-refractivity contribution in [3.05, 3.63) is 30.0 Å². The maximum Gasteiger partial charge on any atom is 0.211 e. The second-order valence-electron chi connectivity index (χ2n) is 3.12. The molecule has 0 saturated carbocycles. The third-order valence-electron chi connectivity index (χ3n) is 2.19. The van der Waals surface area contributed by atoms with Crippen LogP contribution in [-0.2, 0) is 0 Å². The van der Waals surface area contributed by atoms with E-state index < -0.39 is 0 Å². The molecule has 0 atom stereocenters. The van der Waals surface area contributed by atoms with Crippen molar-refractivity contribution < 1.29 is 13.9 Å². The first-order chi connectivity index (χ1) is 7.26. The van der Waals surface area contributed by atoms with E-state index >= 15 is 0 Å². The van der Waals surface area contributed by atoms with Gasteiger partial charge in [-0.25, -0.2) is 0 Å². The highest BCUT2D eigenvalue weighted by Gasteiger charge is 2.12. The molecule has 4 heteroatoms. The van der Waals surface area contributed by atoms with Crippen LogP contribution in [0.5, 0.6) is 5.75 Å². The Balaban J connectivity index is 2.60. The van der Waals surface area contributed by atoms with Gasteiger partial charge in [0.2, 0.25) is 5.78 Å². The van der Waals surface area contributed by atoms with Crippen LogP contribution < -0.4 is 10.5 Å². The molecule has 0 aliphatic rings. The number of ether oxygens (including phenoxy) is 1. The minimum Gasteiger partial charge on any atom is -0.493 e. The monoisotopic (exact) mass is 205 g/mol. The van der Waals surface area contributed by atoms with Crippen molar-refractivity contribution in [3.63, 3.8) is 0 Å². The zero-order valence-corrected chi connectivity index (χ0v) is 8.32. The Kier molecular flexibility index (Phi) is 2.43. The molecule has 0 radical (unpaired) electrons. The Morgan fingerprint density at radius 2 is 2.33 bits per heavy atom. The fraction of sp³-hybridized carbons (Fsp3) is 0.182. The molecule has 0 aliphatic heterocycles. The zero-order chi connectivity index (χ0) is 10.8. The molecule has 2 aromatic rings. The van der Waals surface area contributed by atoms with Gasteiger partial charge in [0.25, 0.3) is 0 Å². The molecular weight excluding hydrogens is 194 g/mol. The summed E-state index contributed by atoms with van der Waals surface area (Å²) in [5, 5.41) is 0.839. The van der Waals surface area contributed by atoms with Gasteiger partial charge in [0.1, 0.15) is 0 Å². The number of carbonyl (C=O) groups is 1. The summed E-state index contributed by atoms with van der Waals surface area (Å²) in [5.41, 5.74) is 5.84. The molecule has 78 valence electrons. The van der Waals surface area contributed by atoms with E-state index in [1.54, 1.807) is 19.2 Å². The smallest absolute Gasteiger partial charge is 0.211 e. The largest absolute Gasteiger partial charge is 0.493 e. The Bertz CT molecular complexity index is 502. The van der Waals surface area contributed by atoms with Crippen LogP contribution in [0.4, 0.5) is 0 Å². The van der Waals surface area contributed by atoms with Gasteiger partial charge in [-0.15, -0.1) is 0 Å². The lowest BCUT2D eigenvalue weighted by Gasteiger charge is -1.98. The fourth-order valence-corrected chi connectivity index (χ4v) is 1.44. The SMILES string of the molecule is COc1cccc2cc(C(=O)CN)oc12. The summed E-state index contributed by atoms with van der Waals surface area (Å²) in [7, 11) is 1.56. The molecule has 2 N–H and O–H groups in total. The van der Waals surface area contributed by atoms with Crippen molar-refractivity contribution in [1.29, 1.82) is 0 Å². The lowest BCUT2D eigenvalue weighted by atomic mass is 10.2. The summed E-state index contributed by atoms with van der Waals surface area (Å²) < 4.78 is 10.5. The molecular formula is C11H11NO3. The highest BCUT2D eigenvalue weighted by molar-refractivity contribution is 5.99. The van der Waals surface area contributed by atoms with Crippen molar-refractivity contribution in [3.8, 4) is 5.75 Å². The van der Waals surface area contributed by atoms with Gasteiger partial charge in [0, 0.05) is 5.39 Å². The molecule has 15 heavy (non-hydrogen) atoms. The second-order valence-corrected chi connectivity index (χ2v) is 3.12. The van der Waals surface area contributed by atoms with Crippen molar-refractivity contribution in [1.82, 2.24) is 0 Å². The fourth-order valence-electron chi connectivity index (χ4n) is 1.44. The quantitative estimate of drug-likeness (QED) is 0.772. The number of methoxy groups -OCH3 is 1. The normalized spacial score (nSPS) is 10.5. The molecule has 0 spiro atoms. The first kappa shape index (κ1) is 9.73. The van der Waals surface area contributed by atoms with Crippen molar-refractivity contribution in [2.24, 2.45) is 5.73 Å². The average molecular weight is 205 g/mol. The maximum absolute atomic E-state index is 11.3. The van der Waals surface area contributed by atoms with Gasteiger partial charge < -0.3 is 14.9 Å². The minimum atomic E-state index is -0.215. The predicted octanol–water partition coefficient (Wildman–Crippen LogP) is 1.58. The van der Waals surface area contributed by atoms with Crippen LogP contribution in [0.3, 0.4) is 0 Å². The average Bonchev–Trinajstić information content (AvgIpc) is 2.71. The Morgan fingerprint density at radius 3 is 3.00 bits per heavy atom. The molecule has 0 fully saturated rings. The highest BCUT2D eigenvalue weighted by Crippen LogP contribution is 2.28. The molecule has 0 amide bonds. The molecule has 1 aromatic carbocycles. The number of fused-ring (bicyclic) bond motifs is 1. The standard InChI is InChI=1S/C11H11NO3/c1-14-9-4-2-3-7-5-10(8(13)6-12)15-11(7)9/h2-5H,6,12H2,1H3. The van der Waals surface area contributed by atoms with Gasteiger partial charge in [0.05, 0.1) is 13.7 Å². The van der Waals surface area contributed by atoms with Gasteiger partial charge in [-0.3, -0.25) is 4.79 Å². The molecule has 0 unspecified atom stereocenters. The summed E-state index contributed by atoms with van der Waals surface area (Å²) in [5.74, 6) is 0.675. The molecule has 2 rings (SSSR count). The number of furan rings is 1. The second kappa shape index (κ2) is 3.74. The molecule has 1 aromatic heterocycles. The van der Waals surface area contributed by atoms with Gasteiger partial charge in [-0.2, -0.15) is 0 Å². The third kappa shape index (κ3) is 1.59. The van der Waals surface area contributed by atoms with E-state index in [4.69, 9.17) is 14.9 Å². The first-order valence-corrected chi connectivity index (χ1v) is 4.56. The van der Waals surface area contributed by atoms with Crippen LogP contribution in [-0.4, -0.2) is 19.4 Å². The van der Waals surface area contributed by atoms with E-state index in [1.807, 2.05) is 12.1 Å². The van der Waals surface area contributed by atoms with E-state index in [2.05, 4.69) is 0 Å². The molecule has 0 saturated heterocycles. The van der Waals surface area contributed by atoms with E-state index in [-0.39, 0.29) is 18.1 Å². The molecule has 1 heterocycles. The van der Waals surface area contributed by atoms with E-state index in [0.717, 1.165) is 5.39 Å². The summed E-state index contributed by atoms with van der Waals surface area (Å²) >= 11 is 0. The molecule has 4 nitrogen and oxygen atoms in total. The van der Waals surface area contributed by atoms with Crippen LogP contribution in [0.1, 0.15) is 10.6 Å². The number of hydrogen-bond acceptors (Lipinski definition) is 4. The Labute approximate surface area is 86.6 Å². The van der Waals surface area contributed by atoms with Crippen LogP contribution in [0.2, 0.25) is 0 Å². The first-order valence-electron chi connectivity index (χ1n) is 4.56. The number of rotatable bonds is 3. The topological polar surface area (TPSA) is 65.5 Å². The summed E-state index contributed by atoms with van der Waals surface area (Å²) in [4.78, 5) is 11.3. The van der Waals surface area contributed by atoms with Crippen LogP contribution in [0.25, 0.3) is 11.0 Å². The van der Waals surface area contributed by atoms with Gasteiger partial charge in [-0.1, -0.05) is 12.1 Å². The molecule has 0 bridgehead atoms. The number of benzene rings is 1. The van der Waals surface area contributed by atoms with Crippen molar-refractivity contribution >= 4 is 16.8 Å². The number of ketones is 1. The summed E-state index contributed by atoms with van der Waals surface area (Å²) in [6.07, 6.45) is 0. The number of para-hydroxylation sites is 1. The third-order valence-corrected chi connectivity index (χ3v) is 2.19. The predicted molar refractivity (Wildman–Crippen MR) is 56.2 cm³/mol. The van der Waals surface area contributed by atoms with E-state index in [9.17, 15) is 4.79 Å². The van der Waals surface area contributed by atoms with Crippen LogP contribution in [0.15, 0.2) is 28.7 Å². The zero-order valence-electron chi connectivity index (χ0n) is 8.32. The molecule has 0 aliphatic carbocycles. The maximum atomic E-state index is 11.3. The minimum absolute atomic E-state index is 0.0534. The van der Waals surface area contributed by atoms with Gasteiger partial charge in [0.15, 0.2) is 17.1 Å². The van der Waals surface area contributed by atoms with Gasteiger partial charge in [-0.05, 0) is 12.1 Å².